The molecule has 0 amide bonds. The molecule has 1 unspecified atom stereocenters. The van der Waals surface area contributed by atoms with Crippen molar-refractivity contribution in [2.75, 3.05) is 67.7 Å². The van der Waals surface area contributed by atoms with E-state index in [4.69, 9.17) is 14.2 Å². The van der Waals surface area contributed by atoms with Crippen molar-refractivity contribution in [3.05, 3.63) is 0 Å². The van der Waals surface area contributed by atoms with Gasteiger partial charge in [0.25, 0.3) is 0 Å². The second kappa shape index (κ2) is 17.9. The topological polar surface area (TPSA) is 34.2 Å². The van der Waals surface area contributed by atoms with E-state index in [0.717, 1.165) is 45.9 Å². The van der Waals surface area contributed by atoms with Crippen molar-refractivity contribution >= 4 is 0 Å². The van der Waals surface area contributed by atoms with Crippen molar-refractivity contribution < 1.29 is 14.2 Å². The lowest BCUT2D eigenvalue weighted by Crippen LogP contribution is -2.22. The summed E-state index contributed by atoms with van der Waals surface area (Å²) in [4.78, 5) is 4.24. The van der Waals surface area contributed by atoms with Crippen molar-refractivity contribution in [3.63, 3.8) is 0 Å². The number of likely N-dealkylation sites (N-methyl/N-ethyl adjacent to an activating group) is 2. The molecule has 0 spiro atoms. The van der Waals surface area contributed by atoms with Crippen LogP contribution in [0.4, 0.5) is 0 Å². The highest BCUT2D eigenvalue weighted by Crippen LogP contribution is 1.95. The van der Waals surface area contributed by atoms with E-state index in [1.54, 1.807) is 0 Å². The van der Waals surface area contributed by atoms with Gasteiger partial charge >= 0.3 is 0 Å². The molecule has 0 N–H and O–H groups in total. The van der Waals surface area contributed by atoms with Crippen molar-refractivity contribution in [2.45, 2.75) is 39.9 Å². The SMILES string of the molecule is CCCCOC(C)OCC.CN(C)CCOCCN(C)C. The molecule has 0 saturated heterocycles. The highest BCUT2D eigenvalue weighted by molar-refractivity contribution is 4.43. The molecule has 0 saturated carbocycles. The number of hydrogen-bond acceptors (Lipinski definition) is 5. The van der Waals surface area contributed by atoms with Gasteiger partial charge in [0.2, 0.25) is 0 Å². The second-order valence-electron chi connectivity index (χ2n) is 5.47. The van der Waals surface area contributed by atoms with Gasteiger partial charge < -0.3 is 24.0 Å². The van der Waals surface area contributed by atoms with Crippen LogP contribution >= 0.6 is 0 Å². The minimum Gasteiger partial charge on any atom is -0.379 e. The average Bonchev–Trinajstić information content (AvgIpc) is 2.39. The first kappa shape index (κ1) is 23.1. The molecular formula is C16H38N2O3. The fourth-order valence-electron chi connectivity index (χ4n) is 1.27. The summed E-state index contributed by atoms with van der Waals surface area (Å²) < 4.78 is 15.8. The number of nitrogens with zero attached hydrogens (tertiary/aromatic N) is 2. The standard InChI is InChI=1S/C8H20N2O.C8H18O2/c1-9(2)5-7-11-8-6-10(3)4;1-4-6-7-10-8(3)9-5-2/h5-8H2,1-4H3;8H,4-7H2,1-3H3. The lowest BCUT2D eigenvalue weighted by atomic mass is 10.4. The summed E-state index contributed by atoms with van der Waals surface area (Å²) in [6, 6.07) is 0. The highest BCUT2D eigenvalue weighted by Gasteiger charge is 1.97. The molecule has 21 heavy (non-hydrogen) atoms. The van der Waals surface area contributed by atoms with E-state index in [-0.39, 0.29) is 6.29 Å². The predicted molar refractivity (Wildman–Crippen MR) is 89.9 cm³/mol. The first-order valence-electron chi connectivity index (χ1n) is 8.04. The third-order valence-electron chi connectivity index (χ3n) is 2.62. The molecule has 0 aliphatic rings. The quantitative estimate of drug-likeness (QED) is 0.408. The van der Waals surface area contributed by atoms with Crippen LogP contribution in [0.2, 0.25) is 0 Å². The van der Waals surface area contributed by atoms with Crippen LogP contribution in [0.3, 0.4) is 0 Å². The summed E-state index contributed by atoms with van der Waals surface area (Å²) in [6.07, 6.45) is 2.27. The van der Waals surface area contributed by atoms with Crippen LogP contribution in [-0.4, -0.2) is 83.8 Å². The van der Waals surface area contributed by atoms with Gasteiger partial charge in [-0.2, -0.15) is 0 Å². The van der Waals surface area contributed by atoms with Crippen LogP contribution in [0, 0.1) is 0 Å². The third kappa shape index (κ3) is 25.1. The van der Waals surface area contributed by atoms with Crippen LogP contribution in [0.25, 0.3) is 0 Å². The molecule has 0 fully saturated rings. The molecule has 1 atom stereocenters. The van der Waals surface area contributed by atoms with Crippen molar-refractivity contribution in [2.24, 2.45) is 0 Å². The molecule has 5 heteroatoms. The Bertz CT molecular complexity index is 180. The van der Waals surface area contributed by atoms with E-state index >= 15 is 0 Å². The Hall–Kier alpha value is -0.200. The molecule has 5 nitrogen and oxygen atoms in total. The van der Waals surface area contributed by atoms with Gasteiger partial charge in [0.05, 0.1) is 13.2 Å². The first-order chi connectivity index (χ1) is 9.93. The van der Waals surface area contributed by atoms with Crippen LogP contribution in [0.5, 0.6) is 0 Å². The fourth-order valence-corrected chi connectivity index (χ4v) is 1.27. The summed E-state index contributed by atoms with van der Waals surface area (Å²) in [5.74, 6) is 0. The summed E-state index contributed by atoms with van der Waals surface area (Å²) in [5.41, 5.74) is 0. The van der Waals surface area contributed by atoms with E-state index in [9.17, 15) is 0 Å². The first-order valence-corrected chi connectivity index (χ1v) is 8.04. The molecule has 0 aliphatic heterocycles. The van der Waals surface area contributed by atoms with Crippen LogP contribution in [0.15, 0.2) is 0 Å². The van der Waals surface area contributed by atoms with Crippen LogP contribution in [0.1, 0.15) is 33.6 Å². The summed E-state index contributed by atoms with van der Waals surface area (Å²) >= 11 is 0. The summed E-state index contributed by atoms with van der Waals surface area (Å²) in [7, 11) is 8.20. The van der Waals surface area contributed by atoms with Crippen molar-refractivity contribution in [3.8, 4) is 0 Å². The van der Waals surface area contributed by atoms with Gasteiger partial charge in [-0.1, -0.05) is 13.3 Å². The largest absolute Gasteiger partial charge is 0.379 e. The van der Waals surface area contributed by atoms with Crippen LogP contribution in [-0.2, 0) is 14.2 Å². The van der Waals surface area contributed by atoms with Gasteiger partial charge in [-0.05, 0) is 48.5 Å². The zero-order chi connectivity index (χ0) is 16.5. The smallest absolute Gasteiger partial charge is 0.154 e. The summed E-state index contributed by atoms with van der Waals surface area (Å²) in [6.45, 7) is 11.3. The molecule has 0 heterocycles. The minimum atomic E-state index is -0.0310. The van der Waals surface area contributed by atoms with Gasteiger partial charge in [-0.15, -0.1) is 0 Å². The number of rotatable bonds is 12. The molecule has 0 aromatic carbocycles. The highest BCUT2D eigenvalue weighted by atomic mass is 16.7. The second-order valence-corrected chi connectivity index (χ2v) is 5.47. The number of unbranched alkanes of at least 4 members (excludes halogenated alkanes) is 1. The number of hydrogen-bond donors (Lipinski definition) is 0. The van der Waals surface area contributed by atoms with E-state index < -0.39 is 0 Å². The molecule has 0 rings (SSSR count). The molecule has 0 aliphatic carbocycles. The van der Waals surface area contributed by atoms with Gasteiger partial charge in [0.1, 0.15) is 0 Å². The van der Waals surface area contributed by atoms with Crippen molar-refractivity contribution in [1.82, 2.24) is 9.80 Å². The zero-order valence-electron chi connectivity index (χ0n) is 15.4. The number of ether oxygens (including phenoxy) is 3. The molecule has 0 aromatic rings. The lowest BCUT2D eigenvalue weighted by Gasteiger charge is -2.12. The zero-order valence-corrected chi connectivity index (χ0v) is 15.4. The monoisotopic (exact) mass is 306 g/mol. The third-order valence-corrected chi connectivity index (χ3v) is 2.62. The molecule has 0 radical (unpaired) electrons. The molecule has 0 aromatic heterocycles. The van der Waals surface area contributed by atoms with E-state index in [1.807, 2.05) is 13.8 Å². The lowest BCUT2D eigenvalue weighted by molar-refractivity contribution is -0.127. The Morgan fingerprint density at radius 2 is 1.33 bits per heavy atom. The Morgan fingerprint density at radius 3 is 1.71 bits per heavy atom. The Balaban J connectivity index is 0. The van der Waals surface area contributed by atoms with Gasteiger partial charge in [-0.25, -0.2) is 0 Å². The maximum atomic E-state index is 5.37. The maximum absolute atomic E-state index is 5.37. The Morgan fingerprint density at radius 1 is 0.810 bits per heavy atom. The average molecular weight is 306 g/mol. The minimum absolute atomic E-state index is 0.0310. The molecule has 130 valence electrons. The van der Waals surface area contributed by atoms with E-state index in [1.165, 1.54) is 6.42 Å². The Labute approximate surface area is 132 Å². The van der Waals surface area contributed by atoms with Gasteiger partial charge in [0, 0.05) is 26.3 Å². The van der Waals surface area contributed by atoms with Crippen LogP contribution < -0.4 is 0 Å². The molecule has 0 bridgehead atoms. The van der Waals surface area contributed by atoms with Crippen molar-refractivity contribution in [1.29, 1.82) is 0 Å². The van der Waals surface area contributed by atoms with E-state index in [0.29, 0.717) is 0 Å². The Kier molecular flexibility index (Phi) is 19.6. The fraction of sp³-hybridized carbons (Fsp3) is 1.00. The maximum Gasteiger partial charge on any atom is 0.154 e. The summed E-state index contributed by atoms with van der Waals surface area (Å²) in [5, 5.41) is 0. The normalized spacial score (nSPS) is 12.4. The predicted octanol–water partition coefficient (Wildman–Crippen LogP) is 2.31. The van der Waals surface area contributed by atoms with Gasteiger partial charge in [0.15, 0.2) is 6.29 Å². The van der Waals surface area contributed by atoms with Gasteiger partial charge in [-0.3, -0.25) is 0 Å². The molecular weight excluding hydrogens is 268 g/mol. The van der Waals surface area contributed by atoms with E-state index in [2.05, 4.69) is 44.9 Å².